The first-order valence-electron chi connectivity index (χ1n) is 8.28. The predicted octanol–water partition coefficient (Wildman–Crippen LogP) is -0.0151. The summed E-state index contributed by atoms with van der Waals surface area (Å²) in [7, 11) is 0. The molecule has 1 aromatic carbocycles. The number of imidazole rings is 1. The summed E-state index contributed by atoms with van der Waals surface area (Å²) >= 11 is 0. The van der Waals surface area contributed by atoms with Crippen molar-refractivity contribution in [3.8, 4) is 0 Å². The van der Waals surface area contributed by atoms with Gasteiger partial charge < -0.3 is 9.88 Å². The number of aromatic amines is 1. The lowest BCUT2D eigenvalue weighted by Crippen LogP contribution is -2.37. The minimum atomic E-state index is -0.760. The molecule has 1 spiro atoms. The van der Waals surface area contributed by atoms with Crippen LogP contribution in [0.4, 0.5) is 0 Å². The van der Waals surface area contributed by atoms with E-state index in [1.165, 1.54) is 0 Å². The molecular weight excluding hydrogens is 324 g/mol. The Morgan fingerprint density at radius 3 is 2.76 bits per heavy atom. The van der Waals surface area contributed by atoms with Crippen LogP contribution in [0.1, 0.15) is 19.3 Å². The molecule has 1 atom stereocenters. The molecule has 0 radical (unpaired) electrons. The number of H-pyrrole nitrogens is 1. The van der Waals surface area contributed by atoms with E-state index >= 15 is 0 Å². The molecule has 2 N–H and O–H groups in total. The summed E-state index contributed by atoms with van der Waals surface area (Å²) in [5, 5.41) is 2.33. The highest BCUT2D eigenvalue weighted by Crippen LogP contribution is 2.37. The van der Waals surface area contributed by atoms with Crippen molar-refractivity contribution in [2.75, 3.05) is 13.1 Å². The Balaban J connectivity index is 1.45. The third-order valence-electron chi connectivity index (χ3n) is 5.17. The van der Waals surface area contributed by atoms with Gasteiger partial charge in [-0.15, -0.1) is 0 Å². The van der Waals surface area contributed by atoms with E-state index in [4.69, 9.17) is 0 Å². The van der Waals surface area contributed by atoms with E-state index in [9.17, 15) is 19.2 Å². The van der Waals surface area contributed by atoms with Gasteiger partial charge in [0.1, 0.15) is 0 Å². The molecule has 3 heterocycles. The number of para-hydroxylation sites is 2. The Kier molecular flexibility index (Phi) is 3.48. The van der Waals surface area contributed by atoms with Crippen molar-refractivity contribution in [2.24, 2.45) is 5.41 Å². The molecule has 0 aliphatic carbocycles. The van der Waals surface area contributed by atoms with E-state index in [-0.39, 0.29) is 49.3 Å². The molecule has 2 saturated heterocycles. The molecule has 8 nitrogen and oxygen atoms in total. The Labute approximate surface area is 142 Å². The van der Waals surface area contributed by atoms with Crippen molar-refractivity contribution in [3.05, 3.63) is 34.7 Å². The molecule has 130 valence electrons. The molecule has 0 unspecified atom stereocenters. The van der Waals surface area contributed by atoms with Crippen molar-refractivity contribution >= 4 is 28.8 Å². The second kappa shape index (κ2) is 5.58. The monoisotopic (exact) mass is 342 g/mol. The number of benzene rings is 1. The van der Waals surface area contributed by atoms with Crippen molar-refractivity contribution in [1.29, 1.82) is 0 Å². The van der Waals surface area contributed by atoms with E-state index in [1.54, 1.807) is 9.47 Å². The summed E-state index contributed by atoms with van der Waals surface area (Å²) in [6.07, 6.45) is 0.828. The molecule has 25 heavy (non-hydrogen) atoms. The highest BCUT2D eigenvalue weighted by Gasteiger charge is 2.51. The topological polar surface area (TPSA) is 104 Å². The van der Waals surface area contributed by atoms with E-state index < -0.39 is 5.41 Å². The van der Waals surface area contributed by atoms with Gasteiger partial charge in [-0.05, 0) is 18.6 Å². The molecule has 1 aromatic heterocycles. The zero-order valence-corrected chi connectivity index (χ0v) is 13.6. The van der Waals surface area contributed by atoms with E-state index in [0.717, 1.165) is 11.0 Å². The van der Waals surface area contributed by atoms with Crippen LogP contribution in [0, 0.1) is 5.41 Å². The predicted molar refractivity (Wildman–Crippen MR) is 88.6 cm³/mol. The van der Waals surface area contributed by atoms with Gasteiger partial charge in [0.25, 0.3) is 0 Å². The third kappa shape index (κ3) is 2.54. The number of imide groups is 1. The van der Waals surface area contributed by atoms with E-state index in [2.05, 4.69) is 10.3 Å². The minimum absolute atomic E-state index is 0.110. The van der Waals surface area contributed by atoms with Crippen LogP contribution in [-0.4, -0.2) is 45.3 Å². The zero-order chi connectivity index (χ0) is 17.6. The van der Waals surface area contributed by atoms with Crippen LogP contribution < -0.4 is 11.0 Å². The number of amides is 3. The Morgan fingerprint density at radius 1 is 1.20 bits per heavy atom. The Morgan fingerprint density at radius 2 is 2.00 bits per heavy atom. The average molecular weight is 342 g/mol. The molecule has 2 aliphatic heterocycles. The molecular formula is C17H18N4O4. The van der Waals surface area contributed by atoms with Crippen LogP contribution in [0.5, 0.6) is 0 Å². The van der Waals surface area contributed by atoms with Crippen LogP contribution >= 0.6 is 0 Å². The van der Waals surface area contributed by atoms with Gasteiger partial charge in [-0.25, -0.2) is 4.79 Å². The van der Waals surface area contributed by atoms with Crippen LogP contribution in [0.15, 0.2) is 29.1 Å². The van der Waals surface area contributed by atoms with E-state index in [1.807, 2.05) is 24.3 Å². The maximum absolute atomic E-state index is 12.5. The standard InChI is InChI=1S/C17H18N4O4/c22-13-9-17(15(24)19-13)6-8-20(10-17)14(23)5-7-21-12-4-2-1-3-11(12)18-16(21)25/h1-4H,5-10H2,(H,18,25)(H,19,22,24)/t17-/m1/s1. The van der Waals surface area contributed by atoms with Crippen LogP contribution in [-0.2, 0) is 20.9 Å². The fourth-order valence-corrected chi connectivity index (χ4v) is 3.80. The van der Waals surface area contributed by atoms with Crippen molar-refractivity contribution in [3.63, 3.8) is 0 Å². The second-order valence-corrected chi connectivity index (χ2v) is 6.75. The number of fused-ring (bicyclic) bond motifs is 1. The van der Waals surface area contributed by atoms with Gasteiger partial charge in [-0.1, -0.05) is 12.1 Å². The SMILES string of the molecule is O=C1C[C@@]2(CCN(C(=O)CCn3c(=O)[nH]c4ccccc43)C2)C(=O)N1. The first-order valence-corrected chi connectivity index (χ1v) is 8.28. The minimum Gasteiger partial charge on any atom is -0.342 e. The lowest BCUT2D eigenvalue weighted by molar-refractivity contribution is -0.132. The summed E-state index contributed by atoms with van der Waals surface area (Å²) in [6, 6.07) is 7.32. The number of nitrogens with zero attached hydrogens (tertiary/aromatic N) is 2. The summed E-state index contributed by atoms with van der Waals surface area (Å²) in [6.45, 7) is 1.00. The molecule has 2 aromatic rings. The number of likely N-dealkylation sites (tertiary alicyclic amines) is 1. The molecule has 0 saturated carbocycles. The summed E-state index contributed by atoms with van der Waals surface area (Å²) in [4.78, 5) is 52.4. The number of aromatic nitrogens is 2. The van der Waals surface area contributed by atoms with Gasteiger partial charge in [-0.3, -0.25) is 24.3 Å². The first kappa shape index (κ1) is 15.6. The van der Waals surface area contributed by atoms with Gasteiger partial charge in [0.05, 0.1) is 16.4 Å². The van der Waals surface area contributed by atoms with Crippen LogP contribution in [0.25, 0.3) is 11.0 Å². The first-order chi connectivity index (χ1) is 12.0. The number of carbonyl (C=O) groups is 3. The normalized spacial score (nSPS) is 23.0. The number of hydrogen-bond acceptors (Lipinski definition) is 4. The maximum atomic E-state index is 12.5. The quantitative estimate of drug-likeness (QED) is 0.765. The Hall–Kier alpha value is -2.90. The summed E-state index contributed by atoms with van der Waals surface area (Å²) in [5.74, 6) is -0.661. The van der Waals surface area contributed by atoms with Crippen LogP contribution in [0.2, 0.25) is 0 Å². The number of nitrogens with one attached hydrogen (secondary N) is 2. The van der Waals surface area contributed by atoms with Gasteiger partial charge in [0, 0.05) is 32.5 Å². The molecule has 2 aliphatic rings. The van der Waals surface area contributed by atoms with Crippen molar-refractivity contribution in [1.82, 2.24) is 19.8 Å². The van der Waals surface area contributed by atoms with Crippen molar-refractivity contribution in [2.45, 2.75) is 25.8 Å². The number of hydrogen-bond donors (Lipinski definition) is 2. The molecule has 4 rings (SSSR count). The van der Waals surface area contributed by atoms with Crippen molar-refractivity contribution < 1.29 is 14.4 Å². The average Bonchev–Trinajstić information content (AvgIpc) is 3.22. The zero-order valence-electron chi connectivity index (χ0n) is 13.6. The third-order valence-corrected chi connectivity index (χ3v) is 5.17. The van der Waals surface area contributed by atoms with Gasteiger partial charge in [-0.2, -0.15) is 0 Å². The second-order valence-electron chi connectivity index (χ2n) is 6.75. The molecule has 3 amide bonds. The highest BCUT2D eigenvalue weighted by molar-refractivity contribution is 6.06. The van der Waals surface area contributed by atoms with E-state index in [0.29, 0.717) is 13.0 Å². The summed E-state index contributed by atoms with van der Waals surface area (Å²) in [5.41, 5.74) is 0.498. The fraction of sp³-hybridized carbons (Fsp3) is 0.412. The number of rotatable bonds is 3. The lowest BCUT2D eigenvalue weighted by Gasteiger charge is -2.20. The molecule has 2 fully saturated rings. The smallest absolute Gasteiger partial charge is 0.326 e. The fourth-order valence-electron chi connectivity index (χ4n) is 3.80. The molecule has 8 heteroatoms. The maximum Gasteiger partial charge on any atom is 0.326 e. The van der Waals surface area contributed by atoms with Crippen LogP contribution in [0.3, 0.4) is 0 Å². The number of aryl methyl sites for hydroxylation is 1. The Bertz CT molecular complexity index is 944. The summed E-state index contributed by atoms with van der Waals surface area (Å²) < 4.78 is 1.55. The lowest BCUT2D eigenvalue weighted by atomic mass is 9.85. The largest absolute Gasteiger partial charge is 0.342 e. The van der Waals surface area contributed by atoms with Gasteiger partial charge in [0.15, 0.2) is 0 Å². The van der Waals surface area contributed by atoms with Gasteiger partial charge in [0.2, 0.25) is 17.7 Å². The molecule has 0 bridgehead atoms. The number of carbonyl (C=O) groups excluding carboxylic acids is 3. The highest BCUT2D eigenvalue weighted by atomic mass is 16.2. The van der Waals surface area contributed by atoms with Gasteiger partial charge >= 0.3 is 5.69 Å².